The molecule has 2 amide bonds. The van der Waals surface area contributed by atoms with Gasteiger partial charge in [0.05, 0.1) is 7.11 Å². The van der Waals surface area contributed by atoms with Crippen LogP contribution in [0.15, 0.2) is 42.5 Å². The van der Waals surface area contributed by atoms with Crippen molar-refractivity contribution in [3.8, 4) is 11.5 Å². The van der Waals surface area contributed by atoms with E-state index in [0.29, 0.717) is 17.1 Å². The maximum atomic E-state index is 12.1. The van der Waals surface area contributed by atoms with E-state index < -0.39 is 11.8 Å². The number of amides is 2. The third-order valence-corrected chi connectivity index (χ3v) is 4.25. The van der Waals surface area contributed by atoms with E-state index in [-0.39, 0.29) is 17.6 Å². The van der Waals surface area contributed by atoms with Gasteiger partial charge in [-0.05, 0) is 66.5 Å². The number of hydrazine groups is 1. The van der Waals surface area contributed by atoms with Crippen LogP contribution in [0.2, 0.25) is 0 Å². The fourth-order valence-corrected chi connectivity index (χ4v) is 2.64. The Morgan fingerprint density at radius 1 is 1.07 bits per heavy atom. The van der Waals surface area contributed by atoms with Gasteiger partial charge < -0.3 is 9.47 Å². The van der Waals surface area contributed by atoms with E-state index in [1.807, 2.05) is 25.1 Å². The number of aryl methyl sites for hydroxylation is 1. The number of nitrogens with one attached hydrogen (secondary N) is 3. The zero-order valence-corrected chi connectivity index (χ0v) is 17.7. The minimum absolute atomic E-state index is 0.0300. The molecule has 2 aromatic carbocycles. The van der Waals surface area contributed by atoms with Gasteiger partial charge in [-0.1, -0.05) is 26.0 Å². The highest BCUT2D eigenvalue weighted by Gasteiger charge is 2.12. The molecule has 2 aromatic rings. The number of carbonyl (C=O) groups is 2. The first kappa shape index (κ1) is 22.2. The summed E-state index contributed by atoms with van der Waals surface area (Å²) in [4.78, 5) is 24.2. The molecule has 0 heterocycles. The summed E-state index contributed by atoms with van der Waals surface area (Å²) < 4.78 is 10.7. The Bertz CT molecular complexity index is 882. The summed E-state index contributed by atoms with van der Waals surface area (Å²) >= 11 is 5.02. The number of rotatable bonds is 6. The van der Waals surface area contributed by atoms with Gasteiger partial charge in [0, 0.05) is 5.56 Å². The molecular weight excluding hydrogens is 390 g/mol. The van der Waals surface area contributed by atoms with Crippen molar-refractivity contribution in [3.63, 3.8) is 0 Å². The molecular formula is C21H25N3O4S. The van der Waals surface area contributed by atoms with Gasteiger partial charge in [-0.25, -0.2) is 0 Å². The maximum absolute atomic E-state index is 12.1. The third-order valence-electron chi connectivity index (χ3n) is 4.04. The number of carbonyl (C=O) groups excluding carboxylic acids is 2. The zero-order valence-electron chi connectivity index (χ0n) is 16.9. The summed E-state index contributed by atoms with van der Waals surface area (Å²) in [6, 6.07) is 12.5. The molecule has 0 saturated heterocycles. The number of thiocarbonyl (C=S) groups is 1. The van der Waals surface area contributed by atoms with E-state index >= 15 is 0 Å². The normalized spacial score (nSPS) is 10.2. The second-order valence-corrected chi connectivity index (χ2v) is 7.08. The van der Waals surface area contributed by atoms with Crippen LogP contribution in [0.1, 0.15) is 41.3 Å². The quantitative estimate of drug-likeness (QED) is 0.497. The standard InChI is InChI=1S/C21H25N3O4S/c1-13(2)17-10-5-14(3)11-18(17)28-12-19(25)23-24-21(29)22-20(26)15-6-8-16(27-4)9-7-15/h5-11,13H,12H2,1-4H3,(H,23,25)(H2,22,24,26,29). The Labute approximate surface area is 175 Å². The fourth-order valence-electron chi connectivity index (χ4n) is 2.50. The zero-order chi connectivity index (χ0) is 21.4. The molecule has 0 saturated carbocycles. The first-order chi connectivity index (χ1) is 13.8. The van der Waals surface area contributed by atoms with Crippen LogP contribution >= 0.6 is 12.2 Å². The lowest BCUT2D eigenvalue weighted by atomic mass is 10.0. The van der Waals surface area contributed by atoms with Crippen LogP contribution < -0.4 is 25.6 Å². The van der Waals surface area contributed by atoms with Gasteiger partial charge in [-0.3, -0.25) is 25.8 Å². The Morgan fingerprint density at radius 3 is 2.38 bits per heavy atom. The Balaban J connectivity index is 1.80. The van der Waals surface area contributed by atoms with Gasteiger partial charge in [-0.2, -0.15) is 0 Å². The lowest BCUT2D eigenvalue weighted by Gasteiger charge is -2.15. The van der Waals surface area contributed by atoms with E-state index in [0.717, 1.165) is 11.1 Å². The summed E-state index contributed by atoms with van der Waals surface area (Å²) in [5.41, 5.74) is 7.37. The topological polar surface area (TPSA) is 88.7 Å². The van der Waals surface area contributed by atoms with Crippen molar-refractivity contribution in [2.45, 2.75) is 26.7 Å². The summed E-state index contributed by atoms with van der Waals surface area (Å²) in [5, 5.41) is 2.45. The lowest BCUT2D eigenvalue weighted by molar-refractivity contribution is -0.123. The molecule has 29 heavy (non-hydrogen) atoms. The van der Waals surface area contributed by atoms with Crippen LogP contribution in [0, 0.1) is 6.92 Å². The van der Waals surface area contributed by atoms with Gasteiger partial charge in [0.2, 0.25) is 0 Å². The Kier molecular flexibility index (Phi) is 7.97. The monoisotopic (exact) mass is 415 g/mol. The predicted octanol–water partition coefficient (Wildman–Crippen LogP) is 2.84. The van der Waals surface area contributed by atoms with Crippen molar-refractivity contribution in [2.24, 2.45) is 0 Å². The van der Waals surface area contributed by atoms with Crippen molar-refractivity contribution in [3.05, 3.63) is 59.2 Å². The van der Waals surface area contributed by atoms with Crippen LogP contribution in [0.4, 0.5) is 0 Å². The molecule has 0 atom stereocenters. The van der Waals surface area contributed by atoms with Gasteiger partial charge in [0.25, 0.3) is 11.8 Å². The van der Waals surface area contributed by atoms with E-state index in [9.17, 15) is 9.59 Å². The number of ether oxygens (including phenoxy) is 2. The molecule has 0 unspecified atom stereocenters. The van der Waals surface area contributed by atoms with Crippen molar-refractivity contribution >= 4 is 29.1 Å². The van der Waals surface area contributed by atoms with Crippen molar-refractivity contribution in [1.82, 2.24) is 16.2 Å². The van der Waals surface area contributed by atoms with Crippen molar-refractivity contribution in [2.75, 3.05) is 13.7 Å². The molecule has 8 heteroatoms. The SMILES string of the molecule is COc1ccc(C(=O)NC(=S)NNC(=O)COc2cc(C)ccc2C(C)C)cc1. The summed E-state index contributed by atoms with van der Waals surface area (Å²) in [6.45, 7) is 5.89. The van der Waals surface area contributed by atoms with Crippen LogP contribution in [-0.2, 0) is 4.79 Å². The minimum Gasteiger partial charge on any atom is -0.497 e. The molecule has 0 aliphatic heterocycles. The highest BCUT2D eigenvalue weighted by atomic mass is 32.1. The van der Waals surface area contributed by atoms with Crippen LogP contribution in [-0.4, -0.2) is 30.6 Å². The molecule has 0 bridgehead atoms. The molecule has 154 valence electrons. The van der Waals surface area contributed by atoms with Gasteiger partial charge in [0.15, 0.2) is 11.7 Å². The highest BCUT2D eigenvalue weighted by molar-refractivity contribution is 7.80. The molecule has 0 fully saturated rings. The predicted molar refractivity (Wildman–Crippen MR) is 115 cm³/mol. The first-order valence-corrected chi connectivity index (χ1v) is 9.48. The lowest BCUT2D eigenvalue weighted by Crippen LogP contribution is -2.49. The van der Waals surface area contributed by atoms with Gasteiger partial charge >= 0.3 is 0 Å². The number of hydrogen-bond acceptors (Lipinski definition) is 5. The average molecular weight is 416 g/mol. The van der Waals surface area contributed by atoms with Crippen LogP contribution in [0.5, 0.6) is 11.5 Å². The number of hydrogen-bond donors (Lipinski definition) is 3. The summed E-state index contributed by atoms with van der Waals surface area (Å²) in [5.74, 6) is 0.751. The average Bonchev–Trinajstić information content (AvgIpc) is 2.70. The molecule has 7 nitrogen and oxygen atoms in total. The highest BCUT2D eigenvalue weighted by Crippen LogP contribution is 2.27. The van der Waals surface area contributed by atoms with Crippen LogP contribution in [0.3, 0.4) is 0 Å². The molecule has 3 N–H and O–H groups in total. The second kappa shape index (κ2) is 10.4. The molecule has 2 rings (SSSR count). The molecule has 0 aromatic heterocycles. The summed E-state index contributed by atoms with van der Waals surface area (Å²) in [7, 11) is 1.54. The van der Waals surface area contributed by atoms with Gasteiger partial charge in [0.1, 0.15) is 11.5 Å². The Hall–Kier alpha value is -3.13. The minimum atomic E-state index is -0.428. The Morgan fingerprint density at radius 2 is 1.76 bits per heavy atom. The van der Waals surface area contributed by atoms with E-state index in [1.165, 1.54) is 0 Å². The smallest absolute Gasteiger partial charge is 0.276 e. The third kappa shape index (κ3) is 6.76. The largest absolute Gasteiger partial charge is 0.497 e. The second-order valence-electron chi connectivity index (χ2n) is 6.67. The molecule has 0 spiro atoms. The fraction of sp³-hybridized carbons (Fsp3) is 0.286. The van der Waals surface area contributed by atoms with E-state index in [2.05, 4.69) is 30.0 Å². The molecule has 0 aliphatic rings. The van der Waals surface area contributed by atoms with Crippen molar-refractivity contribution in [1.29, 1.82) is 0 Å². The molecule has 0 aliphatic carbocycles. The summed E-state index contributed by atoms with van der Waals surface area (Å²) in [6.07, 6.45) is 0. The molecule has 0 radical (unpaired) electrons. The first-order valence-electron chi connectivity index (χ1n) is 9.07. The maximum Gasteiger partial charge on any atom is 0.276 e. The van der Waals surface area contributed by atoms with Gasteiger partial charge in [-0.15, -0.1) is 0 Å². The number of methoxy groups -OCH3 is 1. The number of benzene rings is 2. The van der Waals surface area contributed by atoms with Crippen LogP contribution in [0.25, 0.3) is 0 Å². The van der Waals surface area contributed by atoms with E-state index in [4.69, 9.17) is 21.7 Å². The van der Waals surface area contributed by atoms with E-state index in [1.54, 1.807) is 31.4 Å². The van der Waals surface area contributed by atoms with Crippen molar-refractivity contribution < 1.29 is 19.1 Å².